The van der Waals surface area contributed by atoms with Crippen molar-refractivity contribution in [2.45, 2.75) is 37.6 Å². The van der Waals surface area contributed by atoms with Crippen LogP contribution in [0.4, 0.5) is 5.69 Å². The van der Waals surface area contributed by atoms with Gasteiger partial charge in [0, 0.05) is 24.8 Å². The summed E-state index contributed by atoms with van der Waals surface area (Å²) >= 11 is 0. The molecule has 1 aliphatic heterocycles. The maximum atomic E-state index is 12.9. The molecule has 1 aliphatic carbocycles. The first-order valence-corrected chi connectivity index (χ1v) is 7.55. The van der Waals surface area contributed by atoms with Gasteiger partial charge in [0.25, 0.3) is 0 Å². The molecule has 0 aromatic heterocycles. The molecular weight excluding hydrogens is 252 g/mol. The van der Waals surface area contributed by atoms with Crippen molar-refractivity contribution in [1.29, 1.82) is 0 Å². The molecule has 1 atom stereocenters. The molecule has 1 aromatic carbocycles. The Kier molecular flexibility index (Phi) is 3.92. The summed E-state index contributed by atoms with van der Waals surface area (Å²) < 4.78 is 0. The fraction of sp³-hybridized carbons (Fsp3) is 0.562. The molecule has 4 heteroatoms. The van der Waals surface area contributed by atoms with E-state index < -0.39 is 0 Å². The van der Waals surface area contributed by atoms with Crippen molar-refractivity contribution >= 4 is 11.6 Å². The lowest BCUT2D eigenvalue weighted by Gasteiger charge is -2.30. The van der Waals surface area contributed by atoms with Crippen LogP contribution in [0.1, 0.15) is 37.2 Å². The highest BCUT2D eigenvalue weighted by Crippen LogP contribution is 2.34. The lowest BCUT2D eigenvalue weighted by Crippen LogP contribution is -2.43. The third-order valence-electron chi connectivity index (χ3n) is 4.52. The van der Waals surface area contributed by atoms with E-state index in [-0.39, 0.29) is 18.4 Å². The van der Waals surface area contributed by atoms with Gasteiger partial charge in [0.15, 0.2) is 0 Å². The zero-order valence-electron chi connectivity index (χ0n) is 11.7. The van der Waals surface area contributed by atoms with Crippen LogP contribution in [0.15, 0.2) is 24.3 Å². The summed E-state index contributed by atoms with van der Waals surface area (Å²) in [6.45, 7) is 1.18. The predicted octanol–water partition coefficient (Wildman–Crippen LogP) is 1.96. The van der Waals surface area contributed by atoms with Crippen LogP contribution in [0, 0.1) is 0 Å². The third kappa shape index (κ3) is 2.40. The molecule has 1 aromatic rings. The highest BCUT2D eigenvalue weighted by Gasteiger charge is 2.35. The van der Waals surface area contributed by atoms with Crippen LogP contribution in [0.5, 0.6) is 0 Å². The number of aliphatic hydroxyl groups is 1. The van der Waals surface area contributed by atoms with E-state index in [2.05, 4.69) is 5.32 Å². The van der Waals surface area contributed by atoms with Crippen LogP contribution >= 0.6 is 0 Å². The van der Waals surface area contributed by atoms with Gasteiger partial charge in [-0.25, -0.2) is 0 Å². The lowest BCUT2D eigenvalue weighted by molar-refractivity contribution is -0.135. The number of anilines is 1. The Morgan fingerprint density at radius 3 is 2.80 bits per heavy atom. The molecule has 1 saturated carbocycles. The zero-order chi connectivity index (χ0) is 13.9. The van der Waals surface area contributed by atoms with Crippen molar-refractivity contribution in [2.75, 3.05) is 25.0 Å². The Morgan fingerprint density at radius 2 is 2.05 bits per heavy atom. The number of rotatable bonds is 4. The summed E-state index contributed by atoms with van der Waals surface area (Å²) in [6, 6.07) is 8.35. The summed E-state index contributed by atoms with van der Waals surface area (Å²) in [6.07, 6.45) is 4.54. The average molecular weight is 274 g/mol. The Morgan fingerprint density at radius 1 is 1.30 bits per heavy atom. The van der Waals surface area contributed by atoms with Crippen molar-refractivity contribution in [1.82, 2.24) is 4.90 Å². The Balaban J connectivity index is 1.80. The van der Waals surface area contributed by atoms with E-state index in [1.165, 1.54) is 12.8 Å². The smallest absolute Gasteiger partial charge is 0.232 e. The largest absolute Gasteiger partial charge is 0.395 e. The van der Waals surface area contributed by atoms with Crippen molar-refractivity contribution in [2.24, 2.45) is 0 Å². The average Bonchev–Trinajstić information content (AvgIpc) is 3.13. The minimum atomic E-state index is -0.0988. The molecule has 1 amide bonds. The van der Waals surface area contributed by atoms with E-state index in [0.29, 0.717) is 19.1 Å². The highest BCUT2D eigenvalue weighted by molar-refractivity contribution is 5.88. The number of carbonyl (C=O) groups is 1. The number of nitrogens with zero attached hydrogens (tertiary/aromatic N) is 1. The van der Waals surface area contributed by atoms with E-state index in [9.17, 15) is 9.90 Å². The molecule has 20 heavy (non-hydrogen) atoms. The number of amides is 1. The minimum absolute atomic E-state index is 0.0457. The van der Waals surface area contributed by atoms with Crippen LogP contribution in [0.3, 0.4) is 0 Å². The van der Waals surface area contributed by atoms with Gasteiger partial charge < -0.3 is 15.3 Å². The second-order valence-corrected chi connectivity index (χ2v) is 5.71. The molecule has 1 heterocycles. The first kappa shape index (κ1) is 13.4. The zero-order valence-corrected chi connectivity index (χ0v) is 11.7. The quantitative estimate of drug-likeness (QED) is 0.882. The molecule has 0 bridgehead atoms. The molecule has 3 rings (SSSR count). The third-order valence-corrected chi connectivity index (χ3v) is 4.52. The normalized spacial score (nSPS) is 21.6. The number of hydrogen-bond donors (Lipinski definition) is 2. The molecule has 2 aliphatic rings. The van der Waals surface area contributed by atoms with Crippen LogP contribution in [0.2, 0.25) is 0 Å². The maximum absolute atomic E-state index is 12.9. The SMILES string of the molecule is O=C(C1CNc2ccccc21)N(CCO)C1CCCC1. The van der Waals surface area contributed by atoms with Gasteiger partial charge >= 0.3 is 0 Å². The number of nitrogens with one attached hydrogen (secondary N) is 1. The Bertz CT molecular complexity index is 483. The van der Waals surface area contributed by atoms with E-state index in [0.717, 1.165) is 24.1 Å². The molecule has 0 saturated heterocycles. The van der Waals surface area contributed by atoms with Crippen molar-refractivity contribution in [3.8, 4) is 0 Å². The van der Waals surface area contributed by atoms with Gasteiger partial charge in [0.2, 0.25) is 5.91 Å². The van der Waals surface area contributed by atoms with E-state index in [1.807, 2.05) is 29.2 Å². The summed E-state index contributed by atoms with van der Waals surface area (Å²) in [5.74, 6) is 0.0711. The van der Waals surface area contributed by atoms with E-state index >= 15 is 0 Å². The maximum Gasteiger partial charge on any atom is 0.232 e. The summed E-state index contributed by atoms with van der Waals surface area (Å²) in [5, 5.41) is 12.6. The van der Waals surface area contributed by atoms with Gasteiger partial charge in [-0.2, -0.15) is 0 Å². The second-order valence-electron chi connectivity index (χ2n) is 5.71. The fourth-order valence-electron chi connectivity index (χ4n) is 3.50. The van der Waals surface area contributed by atoms with Crippen molar-refractivity contribution in [3.63, 3.8) is 0 Å². The molecule has 0 radical (unpaired) electrons. The monoisotopic (exact) mass is 274 g/mol. The summed E-state index contributed by atoms with van der Waals surface area (Å²) in [5.41, 5.74) is 2.17. The Labute approximate surface area is 119 Å². The van der Waals surface area contributed by atoms with Crippen LogP contribution in [0.25, 0.3) is 0 Å². The number of benzene rings is 1. The molecular formula is C16H22N2O2. The Hall–Kier alpha value is -1.55. The summed E-state index contributed by atoms with van der Waals surface area (Å²) in [4.78, 5) is 14.8. The highest BCUT2D eigenvalue weighted by atomic mass is 16.3. The van der Waals surface area contributed by atoms with Crippen molar-refractivity contribution < 1.29 is 9.90 Å². The number of carbonyl (C=O) groups excluding carboxylic acids is 1. The van der Waals surface area contributed by atoms with Crippen LogP contribution < -0.4 is 5.32 Å². The number of para-hydroxylation sites is 1. The van der Waals surface area contributed by atoms with Crippen LogP contribution in [-0.2, 0) is 4.79 Å². The van der Waals surface area contributed by atoms with E-state index in [4.69, 9.17) is 0 Å². The van der Waals surface area contributed by atoms with Gasteiger partial charge in [-0.15, -0.1) is 0 Å². The molecule has 2 N–H and O–H groups in total. The predicted molar refractivity (Wildman–Crippen MR) is 78.7 cm³/mol. The fourth-order valence-corrected chi connectivity index (χ4v) is 3.50. The molecule has 1 unspecified atom stereocenters. The van der Waals surface area contributed by atoms with Gasteiger partial charge in [-0.1, -0.05) is 31.0 Å². The first-order valence-electron chi connectivity index (χ1n) is 7.55. The number of fused-ring (bicyclic) bond motifs is 1. The lowest BCUT2D eigenvalue weighted by atomic mass is 9.98. The van der Waals surface area contributed by atoms with Gasteiger partial charge in [-0.3, -0.25) is 4.79 Å². The minimum Gasteiger partial charge on any atom is -0.395 e. The molecule has 1 fully saturated rings. The standard InChI is InChI=1S/C16H22N2O2/c19-10-9-18(12-5-1-2-6-12)16(20)14-11-17-15-8-4-3-7-13(14)15/h3-4,7-8,12,14,17,19H,1-2,5-6,9-11H2. The molecule has 0 spiro atoms. The second kappa shape index (κ2) is 5.83. The number of hydrogen-bond acceptors (Lipinski definition) is 3. The van der Waals surface area contributed by atoms with Crippen molar-refractivity contribution in [3.05, 3.63) is 29.8 Å². The van der Waals surface area contributed by atoms with E-state index in [1.54, 1.807) is 0 Å². The topological polar surface area (TPSA) is 52.6 Å². The number of aliphatic hydroxyl groups excluding tert-OH is 1. The van der Waals surface area contributed by atoms with Gasteiger partial charge in [-0.05, 0) is 24.5 Å². The molecule has 4 nitrogen and oxygen atoms in total. The summed E-state index contributed by atoms with van der Waals surface area (Å²) in [7, 11) is 0. The molecule has 108 valence electrons. The van der Waals surface area contributed by atoms with Gasteiger partial charge in [0.1, 0.15) is 0 Å². The van der Waals surface area contributed by atoms with Crippen LogP contribution in [-0.4, -0.2) is 41.7 Å². The van der Waals surface area contributed by atoms with Gasteiger partial charge in [0.05, 0.1) is 12.5 Å². The first-order chi connectivity index (χ1) is 9.81.